The van der Waals surface area contributed by atoms with E-state index in [1.54, 1.807) is 11.3 Å². The quantitative estimate of drug-likeness (QED) is 0.858. The van der Waals surface area contributed by atoms with Crippen molar-refractivity contribution in [2.24, 2.45) is 0 Å². The van der Waals surface area contributed by atoms with E-state index < -0.39 is 0 Å². The Hall–Kier alpha value is -1.36. The molecule has 1 aliphatic rings. The van der Waals surface area contributed by atoms with Crippen molar-refractivity contribution >= 4 is 33.3 Å². The number of hydrogen-bond donors (Lipinski definition) is 1. The van der Waals surface area contributed by atoms with Crippen LogP contribution in [0.4, 0.5) is 11.8 Å². The average molecular weight is 262 g/mol. The van der Waals surface area contributed by atoms with Gasteiger partial charge < -0.3 is 10.6 Å². The second kappa shape index (κ2) is 3.82. The van der Waals surface area contributed by atoms with Gasteiger partial charge in [0.1, 0.15) is 10.6 Å². The first-order chi connectivity index (χ1) is 8.47. The maximum Gasteiger partial charge on any atom is 0.223 e. The lowest BCUT2D eigenvalue weighted by atomic mass is 10.0. The van der Waals surface area contributed by atoms with Crippen molar-refractivity contribution in [2.75, 3.05) is 17.2 Å². The summed E-state index contributed by atoms with van der Waals surface area (Å²) in [6.07, 6.45) is 2.41. The van der Waals surface area contributed by atoms with Crippen LogP contribution < -0.4 is 10.6 Å². The van der Waals surface area contributed by atoms with Crippen molar-refractivity contribution in [2.45, 2.75) is 39.2 Å². The van der Waals surface area contributed by atoms with E-state index in [9.17, 15) is 0 Å². The smallest absolute Gasteiger partial charge is 0.223 e. The molecule has 5 heteroatoms. The number of fused-ring (bicyclic) bond motifs is 1. The van der Waals surface area contributed by atoms with E-state index in [1.807, 2.05) is 0 Å². The number of hydrogen-bond acceptors (Lipinski definition) is 5. The van der Waals surface area contributed by atoms with E-state index >= 15 is 0 Å². The minimum absolute atomic E-state index is 0.156. The largest absolute Gasteiger partial charge is 0.368 e. The number of nitrogens with two attached hydrogens (primary N) is 1. The maximum absolute atomic E-state index is 5.85. The van der Waals surface area contributed by atoms with Crippen molar-refractivity contribution in [3.05, 3.63) is 10.9 Å². The summed E-state index contributed by atoms with van der Waals surface area (Å²) in [5.74, 6) is 1.38. The molecular weight excluding hydrogens is 244 g/mol. The van der Waals surface area contributed by atoms with Gasteiger partial charge in [0.2, 0.25) is 5.95 Å². The van der Waals surface area contributed by atoms with Gasteiger partial charge in [-0.2, -0.15) is 4.98 Å². The molecule has 0 amide bonds. The Kier molecular flexibility index (Phi) is 2.48. The van der Waals surface area contributed by atoms with Crippen LogP contribution in [0.2, 0.25) is 0 Å². The van der Waals surface area contributed by atoms with Crippen molar-refractivity contribution in [1.82, 2.24) is 9.97 Å². The molecule has 96 valence electrons. The highest BCUT2D eigenvalue weighted by molar-refractivity contribution is 7.18. The lowest BCUT2D eigenvalue weighted by molar-refractivity contribution is 0.515. The molecule has 1 aliphatic heterocycles. The Labute approximate surface area is 111 Å². The maximum atomic E-state index is 5.85. The summed E-state index contributed by atoms with van der Waals surface area (Å²) >= 11 is 1.68. The van der Waals surface area contributed by atoms with Gasteiger partial charge in [-0.3, -0.25) is 0 Å². The summed E-state index contributed by atoms with van der Waals surface area (Å²) in [6.45, 7) is 7.68. The summed E-state index contributed by atoms with van der Waals surface area (Å²) in [5, 5.41) is 1.14. The number of nitrogen functional groups attached to an aromatic ring is 1. The van der Waals surface area contributed by atoms with Gasteiger partial charge in [-0.05, 0) is 39.7 Å². The van der Waals surface area contributed by atoms with Gasteiger partial charge in [-0.15, -0.1) is 11.3 Å². The van der Waals surface area contributed by atoms with E-state index in [2.05, 4.69) is 41.7 Å². The first-order valence-corrected chi connectivity index (χ1v) is 7.10. The van der Waals surface area contributed by atoms with Gasteiger partial charge in [-0.25, -0.2) is 4.98 Å². The van der Waals surface area contributed by atoms with Gasteiger partial charge >= 0.3 is 0 Å². The topological polar surface area (TPSA) is 55.0 Å². The van der Waals surface area contributed by atoms with E-state index in [0.717, 1.165) is 22.6 Å². The summed E-state index contributed by atoms with van der Waals surface area (Å²) in [6, 6.07) is 2.17. The highest BCUT2D eigenvalue weighted by atomic mass is 32.1. The molecule has 18 heavy (non-hydrogen) atoms. The third-order valence-corrected chi connectivity index (χ3v) is 4.61. The second-order valence-electron chi connectivity index (χ2n) is 5.55. The van der Waals surface area contributed by atoms with Gasteiger partial charge in [0.15, 0.2) is 0 Å². The Morgan fingerprint density at radius 2 is 2.17 bits per heavy atom. The first-order valence-electron chi connectivity index (χ1n) is 6.29. The van der Waals surface area contributed by atoms with Crippen LogP contribution >= 0.6 is 11.3 Å². The molecule has 0 spiro atoms. The van der Waals surface area contributed by atoms with Crippen molar-refractivity contribution < 1.29 is 0 Å². The van der Waals surface area contributed by atoms with Crippen LogP contribution in [-0.2, 0) is 0 Å². The Balaban J connectivity index is 2.21. The third-order valence-electron chi connectivity index (χ3n) is 3.67. The summed E-state index contributed by atoms with van der Waals surface area (Å²) in [7, 11) is 0. The molecule has 0 bridgehead atoms. The Bertz CT molecular complexity index is 602. The van der Waals surface area contributed by atoms with Gasteiger partial charge in [0.25, 0.3) is 0 Å². The van der Waals surface area contributed by atoms with Crippen LogP contribution in [0.1, 0.15) is 31.6 Å². The molecule has 1 saturated heterocycles. The SMILES string of the molecule is Cc1cc2c(N3CCCC3(C)C)nc(N)nc2s1. The first kappa shape index (κ1) is 11.7. The monoisotopic (exact) mass is 262 g/mol. The predicted molar refractivity (Wildman–Crippen MR) is 77.2 cm³/mol. The average Bonchev–Trinajstić information content (AvgIpc) is 2.78. The summed E-state index contributed by atoms with van der Waals surface area (Å²) in [4.78, 5) is 13.5. The van der Waals surface area contributed by atoms with E-state index in [-0.39, 0.29) is 5.54 Å². The van der Waals surface area contributed by atoms with Crippen molar-refractivity contribution in [1.29, 1.82) is 0 Å². The zero-order chi connectivity index (χ0) is 12.9. The number of rotatable bonds is 1. The molecule has 0 atom stereocenters. The summed E-state index contributed by atoms with van der Waals surface area (Å²) in [5.41, 5.74) is 6.00. The minimum Gasteiger partial charge on any atom is -0.368 e. The van der Waals surface area contributed by atoms with Gasteiger partial charge in [0, 0.05) is 17.0 Å². The van der Waals surface area contributed by atoms with Gasteiger partial charge in [-0.1, -0.05) is 0 Å². The molecule has 0 saturated carbocycles. The molecule has 0 aromatic carbocycles. The van der Waals surface area contributed by atoms with E-state index in [4.69, 9.17) is 5.73 Å². The van der Waals surface area contributed by atoms with Crippen LogP contribution in [0, 0.1) is 6.92 Å². The molecule has 0 radical (unpaired) electrons. The highest BCUT2D eigenvalue weighted by Gasteiger charge is 2.34. The molecule has 0 unspecified atom stereocenters. The molecule has 2 aromatic rings. The zero-order valence-corrected chi connectivity index (χ0v) is 11.8. The Morgan fingerprint density at radius 1 is 1.39 bits per heavy atom. The van der Waals surface area contributed by atoms with E-state index in [1.165, 1.54) is 17.7 Å². The third kappa shape index (κ3) is 1.73. The summed E-state index contributed by atoms with van der Waals surface area (Å²) < 4.78 is 0. The molecule has 4 nitrogen and oxygen atoms in total. The number of nitrogens with zero attached hydrogens (tertiary/aromatic N) is 3. The standard InChI is InChI=1S/C13H18N4S/c1-8-7-9-10(15-12(14)16-11(9)18-8)17-6-4-5-13(17,2)3/h7H,4-6H2,1-3H3,(H2,14,15,16). The Morgan fingerprint density at radius 3 is 2.83 bits per heavy atom. The normalized spacial score (nSPS) is 18.7. The predicted octanol–water partition coefficient (Wildman–Crippen LogP) is 2.96. The fourth-order valence-corrected chi connectivity index (χ4v) is 3.63. The molecule has 1 fully saturated rings. The second-order valence-corrected chi connectivity index (χ2v) is 6.78. The number of aromatic nitrogens is 2. The van der Waals surface area contributed by atoms with Crippen LogP contribution in [0.5, 0.6) is 0 Å². The lowest BCUT2D eigenvalue weighted by Gasteiger charge is -2.33. The lowest BCUT2D eigenvalue weighted by Crippen LogP contribution is -2.38. The van der Waals surface area contributed by atoms with Gasteiger partial charge in [0.05, 0.1) is 5.39 Å². The van der Waals surface area contributed by atoms with Crippen LogP contribution in [-0.4, -0.2) is 22.1 Å². The van der Waals surface area contributed by atoms with Crippen LogP contribution in [0.3, 0.4) is 0 Å². The van der Waals surface area contributed by atoms with Crippen molar-refractivity contribution in [3.63, 3.8) is 0 Å². The molecule has 0 aliphatic carbocycles. The number of thiophene rings is 1. The molecule has 3 rings (SSSR count). The number of anilines is 2. The zero-order valence-electron chi connectivity index (χ0n) is 11.0. The van der Waals surface area contributed by atoms with E-state index in [0.29, 0.717) is 5.95 Å². The number of aryl methyl sites for hydroxylation is 1. The van der Waals surface area contributed by atoms with Crippen LogP contribution in [0.15, 0.2) is 6.07 Å². The molecule has 3 heterocycles. The van der Waals surface area contributed by atoms with Crippen LogP contribution in [0.25, 0.3) is 10.2 Å². The molecule has 2 aromatic heterocycles. The fourth-order valence-electron chi connectivity index (χ4n) is 2.75. The highest BCUT2D eigenvalue weighted by Crippen LogP contribution is 2.38. The fraction of sp³-hybridized carbons (Fsp3) is 0.538. The van der Waals surface area contributed by atoms with Crippen molar-refractivity contribution in [3.8, 4) is 0 Å². The molecular formula is C13H18N4S. The minimum atomic E-state index is 0.156. The molecule has 2 N–H and O–H groups in total.